The van der Waals surface area contributed by atoms with Crippen molar-refractivity contribution in [2.75, 3.05) is 0 Å². The molecule has 0 atom stereocenters. The van der Waals surface area contributed by atoms with Crippen LogP contribution in [0.5, 0.6) is 0 Å². The zero-order chi connectivity index (χ0) is 17.2. The maximum absolute atomic E-state index is 10.7. The Morgan fingerprint density at radius 3 is 2.56 bits per heavy atom. The third-order valence-corrected chi connectivity index (χ3v) is 4.00. The molecule has 122 valence electrons. The largest absolute Gasteiger partial charge is 0.480 e. The molecule has 0 amide bonds. The van der Waals surface area contributed by atoms with E-state index in [-0.39, 0.29) is 6.54 Å². The Kier molecular flexibility index (Phi) is 3.70. The highest BCUT2D eigenvalue weighted by Gasteiger charge is 2.08. The van der Waals surface area contributed by atoms with Crippen LogP contribution in [-0.4, -0.2) is 31.1 Å². The number of aromatic nitrogens is 4. The second-order valence-corrected chi connectivity index (χ2v) is 5.68. The zero-order valence-corrected chi connectivity index (χ0v) is 13.2. The van der Waals surface area contributed by atoms with Gasteiger partial charge < -0.3 is 5.11 Å². The van der Waals surface area contributed by atoms with Gasteiger partial charge in [0.1, 0.15) is 12.2 Å². The van der Waals surface area contributed by atoms with Crippen LogP contribution >= 0.6 is 0 Å². The van der Waals surface area contributed by atoms with Crippen molar-refractivity contribution in [1.82, 2.24) is 20.0 Å². The number of fused-ring (bicyclic) bond motifs is 1. The molecule has 25 heavy (non-hydrogen) atoms. The number of carboxylic acid groups (broad SMARTS) is 1. The molecule has 0 saturated carbocycles. The summed E-state index contributed by atoms with van der Waals surface area (Å²) < 4.78 is 1.31. The summed E-state index contributed by atoms with van der Waals surface area (Å²) in [5.41, 5.74) is 3.66. The first kappa shape index (κ1) is 15.0. The van der Waals surface area contributed by atoms with Crippen molar-refractivity contribution in [3.63, 3.8) is 0 Å². The van der Waals surface area contributed by atoms with Crippen LogP contribution in [0, 0.1) is 0 Å². The van der Waals surface area contributed by atoms with Crippen LogP contribution in [-0.2, 0) is 11.3 Å². The number of carbonyl (C=O) groups is 1. The lowest BCUT2D eigenvalue weighted by Gasteiger charge is -2.06. The summed E-state index contributed by atoms with van der Waals surface area (Å²) >= 11 is 0. The Hall–Kier alpha value is -3.54. The van der Waals surface area contributed by atoms with Crippen molar-refractivity contribution in [2.24, 2.45) is 0 Å². The summed E-state index contributed by atoms with van der Waals surface area (Å²) in [6.45, 7) is -0.202. The summed E-state index contributed by atoms with van der Waals surface area (Å²) in [5.74, 6) is -0.949. The molecule has 0 aliphatic heterocycles. The molecule has 0 radical (unpaired) electrons. The Labute approximate surface area is 143 Å². The SMILES string of the molecule is O=C(O)Cn1cc(-c2ccc(-c3cncc4ccccc34)cc2)nn1. The molecular weight excluding hydrogens is 316 g/mol. The van der Waals surface area contributed by atoms with Crippen molar-refractivity contribution in [2.45, 2.75) is 6.54 Å². The number of carboxylic acids is 1. The minimum absolute atomic E-state index is 0.202. The summed E-state index contributed by atoms with van der Waals surface area (Å²) in [6, 6.07) is 16.1. The van der Waals surface area contributed by atoms with Crippen LogP contribution in [0.25, 0.3) is 33.2 Å². The number of nitrogens with zero attached hydrogens (tertiary/aromatic N) is 4. The van der Waals surface area contributed by atoms with Gasteiger partial charge in [0, 0.05) is 28.9 Å². The van der Waals surface area contributed by atoms with Crippen molar-refractivity contribution in [3.05, 3.63) is 67.1 Å². The van der Waals surface area contributed by atoms with Gasteiger partial charge in [0.25, 0.3) is 0 Å². The van der Waals surface area contributed by atoms with Crippen molar-refractivity contribution in [1.29, 1.82) is 0 Å². The third-order valence-electron chi connectivity index (χ3n) is 4.00. The molecule has 2 aromatic heterocycles. The molecule has 2 aromatic carbocycles. The fourth-order valence-corrected chi connectivity index (χ4v) is 2.81. The van der Waals surface area contributed by atoms with E-state index in [0.29, 0.717) is 5.69 Å². The summed E-state index contributed by atoms with van der Waals surface area (Å²) in [4.78, 5) is 15.0. The predicted molar refractivity (Wildman–Crippen MR) is 93.8 cm³/mol. The minimum atomic E-state index is -0.949. The van der Waals surface area contributed by atoms with E-state index in [4.69, 9.17) is 5.11 Å². The van der Waals surface area contributed by atoms with Gasteiger partial charge in [-0.3, -0.25) is 9.78 Å². The number of benzene rings is 2. The van der Waals surface area contributed by atoms with E-state index >= 15 is 0 Å². The van der Waals surface area contributed by atoms with Crippen LogP contribution in [0.15, 0.2) is 67.1 Å². The van der Waals surface area contributed by atoms with Gasteiger partial charge in [0.2, 0.25) is 0 Å². The van der Waals surface area contributed by atoms with Crippen LogP contribution in [0.1, 0.15) is 0 Å². The molecule has 0 saturated heterocycles. The molecule has 1 N–H and O–H groups in total. The molecular formula is C19H14N4O2. The van der Waals surface area contributed by atoms with Crippen LogP contribution in [0.3, 0.4) is 0 Å². The fourth-order valence-electron chi connectivity index (χ4n) is 2.81. The summed E-state index contributed by atoms with van der Waals surface area (Å²) in [6.07, 6.45) is 5.34. The average Bonchev–Trinajstić information content (AvgIpc) is 3.09. The van der Waals surface area contributed by atoms with Gasteiger partial charge in [-0.05, 0) is 10.9 Å². The molecule has 0 aliphatic carbocycles. The lowest BCUT2D eigenvalue weighted by atomic mass is 9.99. The highest BCUT2D eigenvalue weighted by Crippen LogP contribution is 2.29. The monoisotopic (exact) mass is 330 g/mol. The van der Waals surface area contributed by atoms with Crippen molar-refractivity contribution in [3.8, 4) is 22.4 Å². The van der Waals surface area contributed by atoms with Gasteiger partial charge >= 0.3 is 5.97 Å². The maximum atomic E-state index is 10.7. The van der Waals surface area contributed by atoms with E-state index in [0.717, 1.165) is 27.5 Å². The zero-order valence-electron chi connectivity index (χ0n) is 13.2. The highest BCUT2D eigenvalue weighted by molar-refractivity contribution is 5.95. The molecule has 6 heteroatoms. The Balaban J connectivity index is 1.68. The molecule has 0 spiro atoms. The second kappa shape index (κ2) is 6.16. The Bertz CT molecular complexity index is 1050. The normalized spacial score (nSPS) is 10.9. The molecule has 0 fully saturated rings. The molecule has 0 unspecified atom stereocenters. The van der Waals surface area contributed by atoms with E-state index < -0.39 is 5.97 Å². The van der Waals surface area contributed by atoms with Gasteiger partial charge in [-0.2, -0.15) is 0 Å². The Morgan fingerprint density at radius 2 is 1.76 bits per heavy atom. The van der Waals surface area contributed by atoms with E-state index in [1.54, 1.807) is 6.20 Å². The molecule has 6 nitrogen and oxygen atoms in total. The predicted octanol–water partition coefficient (Wildman–Crippen LogP) is 3.24. The standard InChI is InChI=1S/C19H14N4O2/c24-19(25)12-23-11-18(21-22-23)14-7-5-13(6-8-14)17-10-20-9-15-3-1-2-4-16(15)17/h1-11H,12H2,(H,24,25). The Morgan fingerprint density at radius 1 is 1.00 bits per heavy atom. The van der Waals surface area contributed by atoms with E-state index in [1.807, 2.05) is 54.9 Å². The molecule has 2 heterocycles. The van der Waals surface area contributed by atoms with Crippen molar-refractivity contribution >= 4 is 16.7 Å². The number of pyridine rings is 1. The number of hydrogen-bond acceptors (Lipinski definition) is 4. The lowest BCUT2D eigenvalue weighted by Crippen LogP contribution is -2.08. The summed E-state index contributed by atoms with van der Waals surface area (Å²) in [5, 5.41) is 18.9. The van der Waals surface area contributed by atoms with Crippen LogP contribution in [0.2, 0.25) is 0 Å². The number of rotatable bonds is 4. The number of hydrogen-bond donors (Lipinski definition) is 1. The first-order valence-corrected chi connectivity index (χ1v) is 7.76. The average molecular weight is 330 g/mol. The quantitative estimate of drug-likeness (QED) is 0.621. The molecule has 0 bridgehead atoms. The molecule has 4 rings (SSSR count). The molecule has 4 aromatic rings. The maximum Gasteiger partial charge on any atom is 0.325 e. The highest BCUT2D eigenvalue weighted by atomic mass is 16.4. The van der Waals surface area contributed by atoms with E-state index in [2.05, 4.69) is 21.4 Å². The minimum Gasteiger partial charge on any atom is -0.480 e. The van der Waals surface area contributed by atoms with E-state index in [9.17, 15) is 4.79 Å². The van der Waals surface area contributed by atoms with Gasteiger partial charge in [-0.15, -0.1) is 5.10 Å². The van der Waals surface area contributed by atoms with Crippen molar-refractivity contribution < 1.29 is 9.90 Å². The first-order valence-electron chi connectivity index (χ1n) is 7.76. The molecule has 0 aliphatic rings. The topological polar surface area (TPSA) is 80.9 Å². The smallest absolute Gasteiger partial charge is 0.325 e. The third kappa shape index (κ3) is 2.97. The fraction of sp³-hybridized carbons (Fsp3) is 0.0526. The van der Waals surface area contributed by atoms with Gasteiger partial charge in [-0.25, -0.2) is 4.68 Å². The van der Waals surface area contributed by atoms with Gasteiger partial charge in [0.15, 0.2) is 0 Å². The van der Waals surface area contributed by atoms with Crippen LogP contribution < -0.4 is 0 Å². The summed E-state index contributed by atoms with van der Waals surface area (Å²) in [7, 11) is 0. The lowest BCUT2D eigenvalue weighted by molar-refractivity contribution is -0.137. The first-order chi connectivity index (χ1) is 12.2. The van der Waals surface area contributed by atoms with Crippen LogP contribution in [0.4, 0.5) is 0 Å². The van der Waals surface area contributed by atoms with Gasteiger partial charge in [-0.1, -0.05) is 53.7 Å². The number of aliphatic carboxylic acids is 1. The van der Waals surface area contributed by atoms with Gasteiger partial charge in [0.05, 0.1) is 6.20 Å². The van der Waals surface area contributed by atoms with E-state index in [1.165, 1.54) is 4.68 Å². The second-order valence-electron chi connectivity index (χ2n) is 5.68.